The van der Waals surface area contributed by atoms with Crippen molar-refractivity contribution in [1.82, 2.24) is 29.8 Å². The van der Waals surface area contributed by atoms with E-state index in [4.69, 9.17) is 0 Å². The molecular formula is C23H24N6O3. The fourth-order valence-electron chi connectivity index (χ4n) is 4.01. The zero-order valence-corrected chi connectivity index (χ0v) is 17.9. The average molecular weight is 432 g/mol. The van der Waals surface area contributed by atoms with Gasteiger partial charge < -0.3 is 5.11 Å². The van der Waals surface area contributed by atoms with E-state index in [-0.39, 0.29) is 11.4 Å². The normalized spacial score (nSPS) is 11.1. The summed E-state index contributed by atoms with van der Waals surface area (Å²) >= 11 is 0. The van der Waals surface area contributed by atoms with Crippen LogP contribution in [0.5, 0.6) is 0 Å². The van der Waals surface area contributed by atoms with Crippen LogP contribution in [-0.2, 0) is 19.5 Å². The molecule has 0 fully saturated rings. The summed E-state index contributed by atoms with van der Waals surface area (Å²) in [4.78, 5) is 24.8. The Labute approximate surface area is 184 Å². The third kappa shape index (κ3) is 3.84. The van der Waals surface area contributed by atoms with Gasteiger partial charge in [-0.2, -0.15) is 0 Å². The number of hydrogen-bond acceptors (Lipinski definition) is 5. The van der Waals surface area contributed by atoms with Gasteiger partial charge in [-0.3, -0.25) is 9.13 Å². The monoisotopic (exact) mass is 432 g/mol. The van der Waals surface area contributed by atoms with Gasteiger partial charge in [0.05, 0.1) is 12.2 Å². The van der Waals surface area contributed by atoms with E-state index in [0.717, 1.165) is 28.7 Å². The molecule has 4 rings (SSSR count). The summed E-state index contributed by atoms with van der Waals surface area (Å²) in [5.41, 5.74) is 4.13. The van der Waals surface area contributed by atoms with E-state index < -0.39 is 5.97 Å². The number of nitrogens with zero attached hydrogens (tertiary/aromatic N) is 5. The SMILES string of the molecule is CCCc1c(C(=O)O)n(CC)c(=O)n1Cc1ccc(-c2ccccc2-c2nnn[nH]2)cc1. The van der Waals surface area contributed by atoms with Crippen LogP contribution in [0.3, 0.4) is 0 Å². The molecule has 0 amide bonds. The van der Waals surface area contributed by atoms with Crippen molar-refractivity contribution in [1.29, 1.82) is 0 Å². The number of carboxylic acid groups (broad SMARTS) is 1. The highest BCUT2D eigenvalue weighted by Crippen LogP contribution is 2.29. The van der Waals surface area contributed by atoms with Crippen molar-refractivity contribution in [3.05, 3.63) is 76.0 Å². The van der Waals surface area contributed by atoms with Crippen LogP contribution >= 0.6 is 0 Å². The highest BCUT2D eigenvalue weighted by Gasteiger charge is 2.23. The van der Waals surface area contributed by atoms with E-state index in [0.29, 0.717) is 31.0 Å². The first-order valence-corrected chi connectivity index (χ1v) is 10.5. The lowest BCUT2D eigenvalue weighted by Gasteiger charge is -2.10. The molecule has 0 aliphatic rings. The lowest BCUT2D eigenvalue weighted by Crippen LogP contribution is -2.26. The minimum atomic E-state index is -1.07. The van der Waals surface area contributed by atoms with Gasteiger partial charge in [-0.15, -0.1) is 5.10 Å². The Morgan fingerprint density at radius 2 is 1.75 bits per heavy atom. The van der Waals surface area contributed by atoms with Crippen molar-refractivity contribution >= 4 is 5.97 Å². The van der Waals surface area contributed by atoms with E-state index in [1.165, 1.54) is 4.57 Å². The van der Waals surface area contributed by atoms with Crippen molar-refractivity contribution in [2.45, 2.75) is 39.8 Å². The number of rotatable bonds is 8. The van der Waals surface area contributed by atoms with E-state index in [1.807, 2.05) is 55.5 Å². The second kappa shape index (κ2) is 9.01. The summed E-state index contributed by atoms with van der Waals surface area (Å²) in [5.74, 6) is -0.484. The Morgan fingerprint density at radius 3 is 2.34 bits per heavy atom. The minimum Gasteiger partial charge on any atom is -0.477 e. The van der Waals surface area contributed by atoms with Gasteiger partial charge in [-0.05, 0) is 40.5 Å². The summed E-state index contributed by atoms with van der Waals surface area (Å²) in [5, 5.41) is 23.8. The van der Waals surface area contributed by atoms with Crippen LogP contribution in [0.4, 0.5) is 0 Å². The number of H-pyrrole nitrogens is 1. The predicted octanol–water partition coefficient (Wildman–Crippen LogP) is 3.22. The summed E-state index contributed by atoms with van der Waals surface area (Å²) in [7, 11) is 0. The van der Waals surface area contributed by atoms with Crippen LogP contribution in [-0.4, -0.2) is 40.8 Å². The second-order valence-electron chi connectivity index (χ2n) is 7.46. The summed E-state index contributed by atoms with van der Waals surface area (Å²) < 4.78 is 2.92. The van der Waals surface area contributed by atoms with Gasteiger partial charge in [-0.1, -0.05) is 61.9 Å². The molecule has 0 spiro atoms. The molecule has 0 aliphatic carbocycles. The van der Waals surface area contributed by atoms with Crippen LogP contribution in [0, 0.1) is 0 Å². The maximum Gasteiger partial charge on any atom is 0.354 e. The number of aromatic nitrogens is 6. The van der Waals surface area contributed by atoms with Crippen LogP contribution in [0.1, 0.15) is 42.0 Å². The number of carbonyl (C=O) groups is 1. The van der Waals surface area contributed by atoms with E-state index in [9.17, 15) is 14.7 Å². The predicted molar refractivity (Wildman–Crippen MR) is 119 cm³/mol. The summed E-state index contributed by atoms with van der Waals surface area (Å²) in [6.07, 6.45) is 1.28. The molecule has 0 saturated heterocycles. The molecule has 9 heteroatoms. The number of benzene rings is 2. The van der Waals surface area contributed by atoms with Crippen molar-refractivity contribution in [3.8, 4) is 22.5 Å². The molecule has 0 saturated carbocycles. The van der Waals surface area contributed by atoms with Gasteiger partial charge in [0, 0.05) is 12.1 Å². The van der Waals surface area contributed by atoms with Crippen LogP contribution < -0.4 is 5.69 Å². The highest BCUT2D eigenvalue weighted by molar-refractivity contribution is 5.87. The van der Waals surface area contributed by atoms with Gasteiger partial charge in [0.25, 0.3) is 0 Å². The molecule has 0 atom stereocenters. The smallest absolute Gasteiger partial charge is 0.354 e. The van der Waals surface area contributed by atoms with Crippen molar-refractivity contribution in [2.24, 2.45) is 0 Å². The number of aromatic carboxylic acids is 1. The minimum absolute atomic E-state index is 0.0885. The quantitative estimate of drug-likeness (QED) is 0.441. The van der Waals surface area contributed by atoms with E-state index >= 15 is 0 Å². The first kappa shape index (κ1) is 21.2. The average Bonchev–Trinajstić information content (AvgIpc) is 3.42. The zero-order chi connectivity index (χ0) is 22.7. The van der Waals surface area contributed by atoms with Gasteiger partial charge in [0.1, 0.15) is 0 Å². The van der Waals surface area contributed by atoms with E-state index in [2.05, 4.69) is 20.6 Å². The Hall–Kier alpha value is -4.01. The van der Waals surface area contributed by atoms with Gasteiger partial charge in [0.2, 0.25) is 0 Å². The van der Waals surface area contributed by atoms with Gasteiger partial charge in [0.15, 0.2) is 11.5 Å². The first-order chi connectivity index (χ1) is 15.5. The standard InChI is InChI=1S/C23H24N6O3/c1-3-7-19-20(22(30)31)28(4-2)23(32)29(19)14-15-10-12-16(13-11-15)17-8-5-6-9-18(17)21-24-26-27-25-21/h5-6,8-13H,3-4,7,14H2,1-2H3,(H,30,31)(H,24,25,26,27). The molecule has 2 aromatic carbocycles. The van der Waals surface area contributed by atoms with E-state index in [1.54, 1.807) is 11.5 Å². The lowest BCUT2D eigenvalue weighted by atomic mass is 9.98. The first-order valence-electron chi connectivity index (χ1n) is 10.5. The van der Waals surface area contributed by atoms with Crippen molar-refractivity contribution in [2.75, 3.05) is 0 Å². The third-order valence-electron chi connectivity index (χ3n) is 5.47. The lowest BCUT2D eigenvalue weighted by molar-refractivity contribution is 0.0683. The summed E-state index contributed by atoms with van der Waals surface area (Å²) in [6.45, 7) is 4.38. The molecular weight excluding hydrogens is 408 g/mol. The molecule has 9 nitrogen and oxygen atoms in total. The van der Waals surface area contributed by atoms with Crippen LogP contribution in [0.25, 0.3) is 22.5 Å². The van der Waals surface area contributed by atoms with Crippen LogP contribution in [0.15, 0.2) is 53.3 Å². The molecule has 2 N–H and O–H groups in total. The molecule has 32 heavy (non-hydrogen) atoms. The second-order valence-corrected chi connectivity index (χ2v) is 7.46. The molecule has 0 bridgehead atoms. The maximum absolute atomic E-state index is 12.9. The fourth-order valence-corrected chi connectivity index (χ4v) is 4.01. The largest absolute Gasteiger partial charge is 0.477 e. The topological polar surface area (TPSA) is 119 Å². The van der Waals surface area contributed by atoms with Gasteiger partial charge in [-0.25, -0.2) is 14.7 Å². The molecule has 4 aromatic rings. The third-order valence-corrected chi connectivity index (χ3v) is 5.47. The van der Waals surface area contributed by atoms with Crippen molar-refractivity contribution < 1.29 is 9.90 Å². The molecule has 0 radical (unpaired) electrons. The number of hydrogen-bond donors (Lipinski definition) is 2. The highest BCUT2D eigenvalue weighted by atomic mass is 16.4. The maximum atomic E-state index is 12.9. The Kier molecular flexibility index (Phi) is 5.98. The Bertz CT molecular complexity index is 1290. The molecule has 0 aliphatic heterocycles. The number of tetrazole rings is 1. The molecule has 164 valence electrons. The zero-order valence-electron chi connectivity index (χ0n) is 17.9. The van der Waals surface area contributed by atoms with Crippen molar-refractivity contribution in [3.63, 3.8) is 0 Å². The molecule has 2 aromatic heterocycles. The Morgan fingerprint density at radius 1 is 1.03 bits per heavy atom. The van der Waals surface area contributed by atoms with Gasteiger partial charge >= 0.3 is 11.7 Å². The molecule has 2 heterocycles. The number of carboxylic acids is 1. The molecule has 0 unspecified atom stereocenters. The summed E-state index contributed by atoms with van der Waals surface area (Å²) in [6, 6.07) is 15.7. The number of aromatic amines is 1. The van der Waals surface area contributed by atoms with Crippen LogP contribution in [0.2, 0.25) is 0 Å². The number of imidazole rings is 1. The number of nitrogens with one attached hydrogen (secondary N) is 1. The Balaban J connectivity index is 1.70. The fraction of sp³-hybridized carbons (Fsp3) is 0.261.